The van der Waals surface area contributed by atoms with Gasteiger partial charge in [-0.15, -0.1) is 11.3 Å². The molecule has 2 aromatic heterocycles. The fraction of sp³-hybridized carbons (Fsp3) is 0.269. The van der Waals surface area contributed by atoms with Gasteiger partial charge in [0.15, 0.2) is 0 Å². The molecule has 4 aromatic rings. The fourth-order valence-electron chi connectivity index (χ4n) is 4.34. The van der Waals surface area contributed by atoms with Gasteiger partial charge in [-0.25, -0.2) is 9.37 Å². The van der Waals surface area contributed by atoms with E-state index in [2.05, 4.69) is 5.32 Å². The number of piperidine rings is 1. The molecule has 0 radical (unpaired) electrons. The monoisotopic (exact) mass is 476 g/mol. The highest BCUT2D eigenvalue weighted by Gasteiger charge is 2.29. The summed E-state index contributed by atoms with van der Waals surface area (Å²) in [5.74, 6) is -0.0170. The third-order valence-corrected chi connectivity index (χ3v) is 7.09. The van der Waals surface area contributed by atoms with Crippen molar-refractivity contribution in [1.29, 1.82) is 0 Å². The van der Waals surface area contributed by atoms with Crippen LogP contribution in [-0.2, 0) is 11.3 Å². The lowest BCUT2D eigenvalue weighted by atomic mass is 9.97. The minimum absolute atomic E-state index is 0.0300. The number of hydrogen-bond acceptors (Lipinski definition) is 5. The number of fused-ring (bicyclic) bond motifs is 1. The molecular formula is C26H25FN4O2S. The number of halogens is 1. The Morgan fingerprint density at radius 2 is 1.91 bits per heavy atom. The highest BCUT2D eigenvalue weighted by molar-refractivity contribution is 7.17. The van der Waals surface area contributed by atoms with Crippen LogP contribution in [0.2, 0.25) is 0 Å². The lowest BCUT2D eigenvalue weighted by molar-refractivity contribution is -0.120. The van der Waals surface area contributed by atoms with Gasteiger partial charge in [-0.05, 0) is 61.0 Å². The van der Waals surface area contributed by atoms with Gasteiger partial charge < -0.3 is 10.2 Å². The number of anilines is 2. The van der Waals surface area contributed by atoms with E-state index >= 15 is 0 Å². The Labute approximate surface area is 200 Å². The molecule has 0 bridgehead atoms. The SMILES string of the molecule is Cc1ccc(NC(=O)[C@@H]2CCCN(c3nc4ccsc4c(=O)n3Cc3ccc(F)cc3)C2)cc1. The van der Waals surface area contributed by atoms with Crippen molar-refractivity contribution in [3.8, 4) is 0 Å². The predicted molar refractivity (Wildman–Crippen MR) is 134 cm³/mol. The molecule has 1 N–H and O–H groups in total. The summed E-state index contributed by atoms with van der Waals surface area (Å²) >= 11 is 1.37. The van der Waals surface area contributed by atoms with E-state index in [-0.39, 0.29) is 29.7 Å². The van der Waals surface area contributed by atoms with Crippen molar-refractivity contribution in [2.24, 2.45) is 5.92 Å². The number of aryl methyl sites for hydroxylation is 1. The van der Waals surface area contributed by atoms with Crippen molar-refractivity contribution >= 4 is 39.1 Å². The molecule has 0 aliphatic carbocycles. The maximum absolute atomic E-state index is 13.4. The maximum atomic E-state index is 13.4. The molecule has 3 heterocycles. The first-order valence-corrected chi connectivity index (χ1v) is 12.2. The molecule has 5 rings (SSSR count). The van der Waals surface area contributed by atoms with Gasteiger partial charge >= 0.3 is 0 Å². The van der Waals surface area contributed by atoms with Crippen LogP contribution in [0.4, 0.5) is 16.0 Å². The van der Waals surface area contributed by atoms with Gasteiger partial charge in [0.2, 0.25) is 11.9 Å². The van der Waals surface area contributed by atoms with E-state index in [1.807, 2.05) is 47.5 Å². The van der Waals surface area contributed by atoms with E-state index in [1.165, 1.54) is 23.5 Å². The van der Waals surface area contributed by atoms with Gasteiger partial charge in [0.25, 0.3) is 5.56 Å². The van der Waals surface area contributed by atoms with E-state index in [9.17, 15) is 14.0 Å². The number of nitrogens with one attached hydrogen (secondary N) is 1. The molecule has 1 atom stereocenters. The Morgan fingerprint density at radius 1 is 1.15 bits per heavy atom. The van der Waals surface area contributed by atoms with E-state index in [0.29, 0.717) is 29.3 Å². The standard InChI is InChI=1S/C26H25FN4O2S/c1-17-4-10-21(11-5-17)28-24(32)19-3-2-13-30(16-19)26-29-22-12-14-34-23(22)25(33)31(26)15-18-6-8-20(27)9-7-18/h4-12,14,19H,2-3,13,15-16H2,1H3,(H,28,32)/t19-/m1/s1. The molecule has 1 saturated heterocycles. The largest absolute Gasteiger partial charge is 0.341 e. The zero-order chi connectivity index (χ0) is 23.7. The maximum Gasteiger partial charge on any atom is 0.273 e. The Hall–Kier alpha value is -3.52. The van der Waals surface area contributed by atoms with Crippen LogP contribution in [0.15, 0.2) is 64.8 Å². The van der Waals surface area contributed by atoms with Crippen LogP contribution in [0.25, 0.3) is 10.2 Å². The second-order valence-electron chi connectivity index (χ2n) is 8.70. The molecular weight excluding hydrogens is 451 g/mol. The van der Waals surface area contributed by atoms with E-state index in [0.717, 1.165) is 29.7 Å². The second kappa shape index (κ2) is 9.38. The second-order valence-corrected chi connectivity index (χ2v) is 9.62. The summed E-state index contributed by atoms with van der Waals surface area (Å²) in [4.78, 5) is 33.2. The first-order chi connectivity index (χ1) is 16.5. The number of carbonyl (C=O) groups is 1. The number of benzene rings is 2. The van der Waals surface area contributed by atoms with E-state index < -0.39 is 0 Å². The van der Waals surface area contributed by atoms with Gasteiger partial charge in [0, 0.05) is 18.8 Å². The third kappa shape index (κ3) is 4.59. The van der Waals surface area contributed by atoms with E-state index in [1.54, 1.807) is 16.7 Å². The van der Waals surface area contributed by atoms with Crippen LogP contribution in [-0.4, -0.2) is 28.5 Å². The summed E-state index contributed by atoms with van der Waals surface area (Å²) in [6.45, 7) is 3.47. The molecule has 174 valence electrons. The molecule has 8 heteroatoms. The molecule has 1 aliphatic heterocycles. The van der Waals surface area contributed by atoms with Crippen molar-refractivity contribution in [3.63, 3.8) is 0 Å². The van der Waals surface area contributed by atoms with Gasteiger partial charge in [-0.1, -0.05) is 29.8 Å². The Bertz CT molecular complexity index is 1380. The minimum atomic E-state index is -0.318. The highest BCUT2D eigenvalue weighted by Crippen LogP contribution is 2.26. The van der Waals surface area contributed by atoms with Gasteiger partial charge in [-0.2, -0.15) is 0 Å². The molecule has 1 amide bonds. The van der Waals surface area contributed by atoms with Crippen molar-refractivity contribution < 1.29 is 9.18 Å². The Morgan fingerprint density at radius 3 is 2.68 bits per heavy atom. The van der Waals surface area contributed by atoms with Gasteiger partial charge in [0.05, 0.1) is 18.0 Å². The first-order valence-electron chi connectivity index (χ1n) is 11.3. The number of rotatable bonds is 5. The fourth-order valence-corrected chi connectivity index (χ4v) is 5.12. The quantitative estimate of drug-likeness (QED) is 0.449. The topological polar surface area (TPSA) is 67.2 Å². The molecule has 0 unspecified atom stereocenters. The number of amides is 1. The van der Waals surface area contributed by atoms with Crippen molar-refractivity contribution in [3.05, 3.63) is 87.3 Å². The Balaban J connectivity index is 1.44. The smallest absolute Gasteiger partial charge is 0.273 e. The summed E-state index contributed by atoms with van der Waals surface area (Å²) in [5, 5.41) is 4.88. The summed E-state index contributed by atoms with van der Waals surface area (Å²) in [6, 6.07) is 15.7. The Kier molecular flexibility index (Phi) is 6.15. The average Bonchev–Trinajstić information content (AvgIpc) is 3.33. The third-order valence-electron chi connectivity index (χ3n) is 6.19. The summed E-state index contributed by atoms with van der Waals surface area (Å²) in [7, 11) is 0. The first kappa shape index (κ1) is 22.3. The zero-order valence-corrected chi connectivity index (χ0v) is 19.6. The van der Waals surface area contributed by atoms with Crippen LogP contribution in [0.1, 0.15) is 24.0 Å². The van der Waals surface area contributed by atoms with E-state index in [4.69, 9.17) is 4.98 Å². The summed E-state index contributed by atoms with van der Waals surface area (Å²) in [6.07, 6.45) is 1.59. The number of aromatic nitrogens is 2. The molecule has 0 spiro atoms. The normalized spacial score (nSPS) is 16.1. The number of nitrogens with zero attached hydrogens (tertiary/aromatic N) is 3. The van der Waals surface area contributed by atoms with Crippen LogP contribution >= 0.6 is 11.3 Å². The summed E-state index contributed by atoms with van der Waals surface area (Å²) < 4.78 is 15.6. The van der Waals surface area contributed by atoms with Crippen molar-refractivity contribution in [2.75, 3.05) is 23.3 Å². The lowest BCUT2D eigenvalue weighted by Gasteiger charge is -2.34. The number of hydrogen-bond donors (Lipinski definition) is 1. The molecule has 2 aromatic carbocycles. The van der Waals surface area contributed by atoms with Crippen molar-refractivity contribution in [1.82, 2.24) is 9.55 Å². The zero-order valence-electron chi connectivity index (χ0n) is 18.8. The molecule has 0 saturated carbocycles. The molecule has 1 aliphatic rings. The van der Waals surface area contributed by atoms with Crippen LogP contribution in [0.3, 0.4) is 0 Å². The molecule has 34 heavy (non-hydrogen) atoms. The molecule has 1 fully saturated rings. The number of carbonyl (C=O) groups excluding carboxylic acids is 1. The van der Waals surface area contributed by atoms with Gasteiger partial charge in [-0.3, -0.25) is 14.2 Å². The number of thiophene rings is 1. The van der Waals surface area contributed by atoms with Crippen LogP contribution in [0.5, 0.6) is 0 Å². The highest BCUT2D eigenvalue weighted by atomic mass is 32.1. The summed E-state index contributed by atoms with van der Waals surface area (Å²) in [5.41, 5.74) is 3.26. The van der Waals surface area contributed by atoms with Crippen molar-refractivity contribution in [2.45, 2.75) is 26.3 Å². The van der Waals surface area contributed by atoms with Gasteiger partial charge in [0.1, 0.15) is 10.5 Å². The minimum Gasteiger partial charge on any atom is -0.341 e. The average molecular weight is 477 g/mol. The van der Waals surface area contributed by atoms with Crippen LogP contribution in [0, 0.1) is 18.7 Å². The van der Waals surface area contributed by atoms with Crippen LogP contribution < -0.4 is 15.8 Å². The lowest BCUT2D eigenvalue weighted by Crippen LogP contribution is -2.43. The molecule has 6 nitrogen and oxygen atoms in total. The predicted octanol–water partition coefficient (Wildman–Crippen LogP) is 4.81.